The highest BCUT2D eigenvalue weighted by atomic mass is 32.2. The van der Waals surface area contributed by atoms with Crippen molar-refractivity contribution in [3.63, 3.8) is 0 Å². The van der Waals surface area contributed by atoms with Gasteiger partial charge in [0, 0.05) is 46.9 Å². The number of carboxylic acids is 1. The van der Waals surface area contributed by atoms with Crippen molar-refractivity contribution < 1.29 is 23.4 Å². The number of aromatic nitrogens is 1. The first kappa shape index (κ1) is 32.3. The van der Waals surface area contributed by atoms with Crippen LogP contribution in [0.25, 0.3) is 10.9 Å². The quantitative estimate of drug-likeness (QED) is 0.180. The fourth-order valence-electron chi connectivity index (χ4n) is 5.66. The van der Waals surface area contributed by atoms with Crippen molar-refractivity contribution >= 4 is 34.3 Å². The number of halogens is 2. The van der Waals surface area contributed by atoms with E-state index in [1.165, 1.54) is 24.3 Å². The minimum Gasteiger partial charge on any atom is -0.481 e. The zero-order chi connectivity index (χ0) is 32.1. The first-order valence-electron chi connectivity index (χ1n) is 15.2. The Hall–Kier alpha value is -4.11. The summed E-state index contributed by atoms with van der Waals surface area (Å²) in [5.74, 6) is 0.126. The van der Waals surface area contributed by atoms with Gasteiger partial charge < -0.3 is 20.1 Å². The molecule has 236 valence electrons. The number of carboxylic acid groups (broad SMARTS) is 1. The fourth-order valence-corrected chi connectivity index (χ4v) is 6.85. The number of nitrogens with one attached hydrogen (secondary N) is 3. The Morgan fingerprint density at radius 2 is 1.96 bits per heavy atom. The highest BCUT2D eigenvalue weighted by Gasteiger charge is 2.23. The molecule has 1 aliphatic rings. The SMILES string of the molecule is C/C1=C/NC(c2cccc(CCC(=O)O)c2)CCC(C)(C)CSCCc2c(c(F)cc3[nH]ccc23)Oc2ccc(F)c(c2)C1=N. The molecular formula is C36H39F2N3O3S. The normalized spacial score (nSPS) is 18.9. The van der Waals surface area contributed by atoms with Crippen LogP contribution < -0.4 is 10.1 Å². The van der Waals surface area contributed by atoms with Crippen LogP contribution in [0.3, 0.4) is 0 Å². The van der Waals surface area contributed by atoms with Gasteiger partial charge in [-0.15, -0.1) is 0 Å². The van der Waals surface area contributed by atoms with Crippen LogP contribution in [0.5, 0.6) is 11.5 Å². The summed E-state index contributed by atoms with van der Waals surface area (Å²) in [6.07, 6.45) is 6.30. The number of ether oxygens (including phenoxy) is 1. The first-order valence-corrected chi connectivity index (χ1v) is 16.3. The van der Waals surface area contributed by atoms with Crippen molar-refractivity contribution in [3.05, 3.63) is 106 Å². The average Bonchev–Trinajstić information content (AvgIpc) is 3.47. The molecule has 3 aromatic carbocycles. The van der Waals surface area contributed by atoms with E-state index in [9.17, 15) is 4.79 Å². The molecule has 45 heavy (non-hydrogen) atoms. The Morgan fingerprint density at radius 3 is 2.76 bits per heavy atom. The third-order valence-electron chi connectivity index (χ3n) is 8.27. The van der Waals surface area contributed by atoms with Gasteiger partial charge in [0.1, 0.15) is 11.6 Å². The topological polar surface area (TPSA) is 98.2 Å². The lowest BCUT2D eigenvalue weighted by molar-refractivity contribution is -0.136. The number of carbonyl (C=O) groups is 1. The fraction of sp³-hybridized carbons (Fsp3) is 0.333. The molecular weight excluding hydrogens is 592 g/mol. The van der Waals surface area contributed by atoms with Gasteiger partial charge in [-0.25, -0.2) is 8.78 Å². The van der Waals surface area contributed by atoms with Gasteiger partial charge in [-0.2, -0.15) is 11.8 Å². The zero-order valence-corrected chi connectivity index (χ0v) is 26.6. The number of aromatic amines is 1. The Balaban J connectivity index is 1.51. The van der Waals surface area contributed by atoms with Gasteiger partial charge in [0.25, 0.3) is 0 Å². The molecule has 4 N–H and O–H groups in total. The van der Waals surface area contributed by atoms with Crippen LogP contribution >= 0.6 is 11.8 Å². The zero-order valence-electron chi connectivity index (χ0n) is 25.8. The van der Waals surface area contributed by atoms with Gasteiger partial charge in [0.15, 0.2) is 11.6 Å². The molecule has 0 saturated carbocycles. The molecule has 4 aromatic rings. The van der Waals surface area contributed by atoms with E-state index in [1.807, 2.05) is 42.1 Å². The number of benzene rings is 3. The Kier molecular flexibility index (Phi) is 9.97. The van der Waals surface area contributed by atoms with Gasteiger partial charge >= 0.3 is 5.97 Å². The number of allylic oxidation sites excluding steroid dienone is 1. The maximum absolute atomic E-state index is 15.4. The summed E-state index contributed by atoms with van der Waals surface area (Å²) in [5.41, 5.74) is 3.98. The van der Waals surface area contributed by atoms with Crippen LogP contribution in [-0.2, 0) is 17.6 Å². The van der Waals surface area contributed by atoms with Crippen LogP contribution in [0.1, 0.15) is 68.3 Å². The van der Waals surface area contributed by atoms with E-state index < -0.39 is 17.6 Å². The minimum absolute atomic E-state index is 0.00628. The van der Waals surface area contributed by atoms with Gasteiger partial charge in [-0.1, -0.05) is 38.1 Å². The molecule has 0 saturated heterocycles. The summed E-state index contributed by atoms with van der Waals surface area (Å²) < 4.78 is 36.7. The summed E-state index contributed by atoms with van der Waals surface area (Å²) in [7, 11) is 0. The number of aryl methyl sites for hydroxylation is 2. The molecule has 1 aliphatic heterocycles. The second-order valence-electron chi connectivity index (χ2n) is 12.4. The molecule has 0 radical (unpaired) electrons. The molecule has 1 unspecified atom stereocenters. The molecule has 0 spiro atoms. The van der Waals surface area contributed by atoms with Crippen LogP contribution in [0.2, 0.25) is 0 Å². The van der Waals surface area contributed by atoms with Crippen molar-refractivity contribution in [2.24, 2.45) is 5.41 Å². The lowest BCUT2D eigenvalue weighted by Gasteiger charge is -2.28. The number of fused-ring (bicyclic) bond motifs is 5. The van der Waals surface area contributed by atoms with Crippen LogP contribution in [0, 0.1) is 22.5 Å². The highest BCUT2D eigenvalue weighted by molar-refractivity contribution is 7.99. The predicted octanol–water partition coefficient (Wildman–Crippen LogP) is 8.95. The van der Waals surface area contributed by atoms with Crippen molar-refractivity contribution in [1.82, 2.24) is 10.3 Å². The van der Waals surface area contributed by atoms with Gasteiger partial charge in [0.05, 0.1) is 11.8 Å². The van der Waals surface area contributed by atoms with E-state index in [1.54, 1.807) is 19.3 Å². The van der Waals surface area contributed by atoms with Crippen molar-refractivity contribution in [2.75, 3.05) is 11.5 Å². The summed E-state index contributed by atoms with van der Waals surface area (Å²) in [6.45, 7) is 6.23. The predicted molar refractivity (Wildman–Crippen MR) is 178 cm³/mol. The molecule has 9 heteroatoms. The molecule has 1 atom stereocenters. The third kappa shape index (κ3) is 7.95. The first-order chi connectivity index (χ1) is 21.5. The molecule has 0 fully saturated rings. The number of rotatable bonds is 4. The molecule has 2 heterocycles. The summed E-state index contributed by atoms with van der Waals surface area (Å²) in [5, 5.41) is 22.4. The molecule has 0 amide bonds. The molecule has 1 aromatic heterocycles. The van der Waals surface area contributed by atoms with Gasteiger partial charge in [-0.3, -0.25) is 10.2 Å². The van der Waals surface area contributed by atoms with Crippen LogP contribution in [-0.4, -0.2) is 33.3 Å². The van der Waals surface area contributed by atoms with Crippen LogP contribution in [0.4, 0.5) is 8.78 Å². The van der Waals surface area contributed by atoms with Gasteiger partial charge in [0.2, 0.25) is 0 Å². The number of hydrogen-bond acceptors (Lipinski definition) is 5. The molecule has 6 nitrogen and oxygen atoms in total. The van der Waals surface area contributed by atoms with E-state index in [0.29, 0.717) is 23.9 Å². The van der Waals surface area contributed by atoms with Crippen molar-refractivity contribution in [1.29, 1.82) is 5.41 Å². The van der Waals surface area contributed by atoms with Gasteiger partial charge in [-0.05, 0) is 90.5 Å². The number of H-pyrrole nitrogens is 1. The Labute approximate surface area is 266 Å². The maximum atomic E-state index is 15.4. The second-order valence-corrected chi connectivity index (χ2v) is 13.5. The number of thioether (sulfide) groups is 1. The third-order valence-corrected chi connectivity index (χ3v) is 9.75. The largest absolute Gasteiger partial charge is 0.481 e. The molecule has 0 aliphatic carbocycles. The lowest BCUT2D eigenvalue weighted by atomic mass is 9.86. The standard InChI is InChI=1S/C36H39F2N3O3S/c1-22-20-41-31(24-6-4-5-23(17-24)7-10-33(42)43)11-14-36(2,3)21-45-16-13-27-26-12-15-40-32(26)19-30(38)35(27)44-25-8-9-29(37)28(18-25)34(22)39/h4-6,8-9,12,15,17-20,31,39-41H,7,10-11,13-14,16,21H2,1-3H3,(H,42,43)/b22-20-,39-34?. The average molecular weight is 632 g/mol. The van der Waals surface area contributed by atoms with E-state index in [4.69, 9.17) is 15.3 Å². The Bertz CT molecular complexity index is 1750. The summed E-state index contributed by atoms with van der Waals surface area (Å²) in [4.78, 5) is 14.3. The monoisotopic (exact) mass is 631 g/mol. The Morgan fingerprint density at radius 1 is 1.13 bits per heavy atom. The molecule has 2 bridgehead atoms. The highest BCUT2D eigenvalue weighted by Crippen LogP contribution is 2.37. The summed E-state index contributed by atoms with van der Waals surface area (Å²) >= 11 is 1.82. The van der Waals surface area contributed by atoms with Crippen LogP contribution in [0.15, 0.2) is 72.6 Å². The van der Waals surface area contributed by atoms with E-state index in [-0.39, 0.29) is 40.7 Å². The minimum atomic E-state index is -0.834. The van der Waals surface area contributed by atoms with E-state index in [0.717, 1.165) is 46.4 Å². The van der Waals surface area contributed by atoms with Crippen molar-refractivity contribution in [3.8, 4) is 11.5 Å². The van der Waals surface area contributed by atoms with Crippen molar-refractivity contribution in [2.45, 2.75) is 58.9 Å². The molecule has 5 rings (SSSR count). The lowest BCUT2D eigenvalue weighted by Crippen LogP contribution is -2.22. The van der Waals surface area contributed by atoms with E-state index in [2.05, 4.69) is 24.1 Å². The maximum Gasteiger partial charge on any atom is 0.303 e. The smallest absolute Gasteiger partial charge is 0.303 e. The summed E-state index contributed by atoms with van der Waals surface area (Å²) in [6, 6.07) is 15.3. The second kappa shape index (κ2) is 13.9. The number of hydrogen-bond donors (Lipinski definition) is 4. The number of aliphatic carboxylic acids is 1. The van der Waals surface area contributed by atoms with E-state index >= 15 is 8.78 Å².